The second-order valence-corrected chi connectivity index (χ2v) is 3.64. The third-order valence-electron chi connectivity index (χ3n) is 2.30. The topological polar surface area (TPSA) is 21.3 Å². The molecule has 13 heavy (non-hydrogen) atoms. The van der Waals surface area contributed by atoms with Crippen LogP contribution in [0.25, 0.3) is 0 Å². The van der Waals surface area contributed by atoms with E-state index < -0.39 is 0 Å². The van der Waals surface area contributed by atoms with Crippen molar-refractivity contribution in [2.24, 2.45) is 5.92 Å². The lowest BCUT2D eigenvalue weighted by Crippen LogP contribution is -2.36. The fourth-order valence-corrected chi connectivity index (χ4v) is 1.53. The van der Waals surface area contributed by atoms with E-state index in [-0.39, 0.29) is 6.23 Å². The summed E-state index contributed by atoms with van der Waals surface area (Å²) in [6.45, 7) is 4.08. The standard InChI is InChI=1S/C11H15NO/c1-9-7-12-11(13-8-9)10-5-3-2-4-6-10/h2-6,9,11-12H,7-8H2,1H3. The number of nitrogens with one attached hydrogen (secondary N) is 1. The van der Waals surface area contributed by atoms with Crippen LogP contribution in [0.1, 0.15) is 18.7 Å². The van der Waals surface area contributed by atoms with E-state index in [0.29, 0.717) is 5.92 Å². The first-order valence-electron chi connectivity index (χ1n) is 4.76. The minimum absolute atomic E-state index is 0.0948. The van der Waals surface area contributed by atoms with Crippen molar-refractivity contribution < 1.29 is 4.74 Å². The van der Waals surface area contributed by atoms with Crippen LogP contribution in [0.4, 0.5) is 0 Å². The van der Waals surface area contributed by atoms with Gasteiger partial charge in [-0.1, -0.05) is 37.3 Å². The third-order valence-corrected chi connectivity index (χ3v) is 2.30. The lowest BCUT2D eigenvalue weighted by molar-refractivity contribution is -0.0254. The fraction of sp³-hybridized carbons (Fsp3) is 0.455. The molecular weight excluding hydrogens is 162 g/mol. The van der Waals surface area contributed by atoms with Gasteiger partial charge in [-0.25, -0.2) is 0 Å². The zero-order valence-electron chi connectivity index (χ0n) is 7.86. The zero-order valence-corrected chi connectivity index (χ0v) is 7.86. The largest absolute Gasteiger partial charge is 0.359 e. The van der Waals surface area contributed by atoms with Crippen molar-refractivity contribution in [1.29, 1.82) is 0 Å². The van der Waals surface area contributed by atoms with Gasteiger partial charge in [0.15, 0.2) is 0 Å². The molecule has 1 fully saturated rings. The van der Waals surface area contributed by atoms with Gasteiger partial charge in [0.05, 0.1) is 6.61 Å². The Bertz CT molecular complexity index is 252. The van der Waals surface area contributed by atoms with Crippen molar-refractivity contribution in [2.75, 3.05) is 13.2 Å². The highest BCUT2D eigenvalue weighted by atomic mass is 16.5. The van der Waals surface area contributed by atoms with Gasteiger partial charge in [0.25, 0.3) is 0 Å². The Hall–Kier alpha value is -0.860. The van der Waals surface area contributed by atoms with Crippen LogP contribution in [0, 0.1) is 5.92 Å². The Balaban J connectivity index is 2.03. The van der Waals surface area contributed by atoms with Gasteiger partial charge in [-0.15, -0.1) is 0 Å². The van der Waals surface area contributed by atoms with E-state index in [0.717, 1.165) is 13.2 Å². The molecule has 2 heteroatoms. The Morgan fingerprint density at radius 3 is 2.69 bits per heavy atom. The van der Waals surface area contributed by atoms with Crippen LogP contribution in [0.2, 0.25) is 0 Å². The van der Waals surface area contributed by atoms with E-state index in [1.165, 1.54) is 5.56 Å². The maximum Gasteiger partial charge on any atom is 0.134 e. The van der Waals surface area contributed by atoms with Crippen LogP contribution >= 0.6 is 0 Å². The molecule has 1 aromatic rings. The average molecular weight is 177 g/mol. The lowest BCUT2D eigenvalue weighted by Gasteiger charge is -2.28. The Kier molecular flexibility index (Phi) is 2.62. The molecule has 1 aliphatic heterocycles. The van der Waals surface area contributed by atoms with Crippen molar-refractivity contribution in [3.63, 3.8) is 0 Å². The molecule has 1 saturated heterocycles. The first-order valence-corrected chi connectivity index (χ1v) is 4.76. The predicted octanol–water partition coefficient (Wildman–Crippen LogP) is 1.94. The van der Waals surface area contributed by atoms with Crippen LogP contribution in [-0.2, 0) is 4.74 Å². The highest BCUT2D eigenvalue weighted by Crippen LogP contribution is 2.18. The smallest absolute Gasteiger partial charge is 0.134 e. The van der Waals surface area contributed by atoms with Crippen LogP contribution in [0.5, 0.6) is 0 Å². The third kappa shape index (κ3) is 2.08. The van der Waals surface area contributed by atoms with Crippen molar-refractivity contribution >= 4 is 0 Å². The quantitative estimate of drug-likeness (QED) is 0.707. The summed E-state index contributed by atoms with van der Waals surface area (Å²) in [7, 11) is 0. The van der Waals surface area contributed by atoms with Gasteiger partial charge in [-0.3, -0.25) is 5.32 Å². The molecule has 2 nitrogen and oxygen atoms in total. The Labute approximate surface area is 78.9 Å². The SMILES string of the molecule is CC1CNC(c2ccccc2)OC1. The molecule has 0 radical (unpaired) electrons. The van der Waals surface area contributed by atoms with Crippen molar-refractivity contribution in [3.8, 4) is 0 Å². The van der Waals surface area contributed by atoms with Crippen LogP contribution in [-0.4, -0.2) is 13.2 Å². The minimum Gasteiger partial charge on any atom is -0.359 e. The Morgan fingerprint density at radius 1 is 1.31 bits per heavy atom. The van der Waals surface area contributed by atoms with E-state index >= 15 is 0 Å². The number of hydrogen-bond donors (Lipinski definition) is 1. The molecule has 1 heterocycles. The van der Waals surface area contributed by atoms with Gasteiger partial charge in [-0.2, -0.15) is 0 Å². The first-order chi connectivity index (χ1) is 6.36. The summed E-state index contributed by atoms with van der Waals surface area (Å²) in [5, 5.41) is 3.36. The van der Waals surface area contributed by atoms with Crippen LogP contribution < -0.4 is 5.32 Å². The summed E-state index contributed by atoms with van der Waals surface area (Å²) < 4.78 is 5.67. The van der Waals surface area contributed by atoms with E-state index in [9.17, 15) is 0 Å². The number of benzene rings is 1. The number of hydrogen-bond acceptors (Lipinski definition) is 2. The van der Waals surface area contributed by atoms with Crippen LogP contribution in [0.3, 0.4) is 0 Å². The van der Waals surface area contributed by atoms with Gasteiger partial charge in [0.1, 0.15) is 6.23 Å². The second-order valence-electron chi connectivity index (χ2n) is 3.64. The van der Waals surface area contributed by atoms with Crippen molar-refractivity contribution in [3.05, 3.63) is 35.9 Å². The minimum atomic E-state index is 0.0948. The highest BCUT2D eigenvalue weighted by Gasteiger charge is 2.18. The summed E-state index contributed by atoms with van der Waals surface area (Å²) in [6.07, 6.45) is 0.0948. The molecular formula is C11H15NO. The van der Waals surface area contributed by atoms with Gasteiger partial charge < -0.3 is 4.74 Å². The normalized spacial score (nSPS) is 28.7. The second kappa shape index (κ2) is 3.90. The molecule has 1 aliphatic rings. The molecule has 0 spiro atoms. The molecule has 0 bridgehead atoms. The van der Waals surface area contributed by atoms with Crippen molar-refractivity contribution in [1.82, 2.24) is 5.32 Å². The van der Waals surface area contributed by atoms with Crippen molar-refractivity contribution in [2.45, 2.75) is 13.2 Å². The lowest BCUT2D eigenvalue weighted by atomic mass is 10.1. The van der Waals surface area contributed by atoms with Gasteiger partial charge >= 0.3 is 0 Å². The van der Waals surface area contributed by atoms with E-state index in [1.54, 1.807) is 0 Å². The van der Waals surface area contributed by atoms with E-state index in [2.05, 4.69) is 24.4 Å². The van der Waals surface area contributed by atoms with Gasteiger partial charge in [0.2, 0.25) is 0 Å². The average Bonchev–Trinajstić information content (AvgIpc) is 2.20. The molecule has 0 amide bonds. The fourth-order valence-electron chi connectivity index (χ4n) is 1.53. The molecule has 0 aromatic heterocycles. The maximum atomic E-state index is 5.67. The maximum absolute atomic E-state index is 5.67. The van der Waals surface area contributed by atoms with Crippen LogP contribution in [0.15, 0.2) is 30.3 Å². The summed E-state index contributed by atoms with van der Waals surface area (Å²) in [5.41, 5.74) is 1.22. The van der Waals surface area contributed by atoms with Gasteiger partial charge in [-0.05, 0) is 11.5 Å². The summed E-state index contributed by atoms with van der Waals surface area (Å²) in [6, 6.07) is 10.3. The summed E-state index contributed by atoms with van der Waals surface area (Å²) in [5.74, 6) is 0.625. The molecule has 1 aromatic carbocycles. The molecule has 1 N–H and O–H groups in total. The van der Waals surface area contributed by atoms with E-state index in [1.807, 2.05) is 18.2 Å². The molecule has 2 atom stereocenters. The molecule has 70 valence electrons. The number of rotatable bonds is 1. The summed E-state index contributed by atoms with van der Waals surface area (Å²) in [4.78, 5) is 0. The summed E-state index contributed by atoms with van der Waals surface area (Å²) >= 11 is 0. The predicted molar refractivity (Wildman–Crippen MR) is 52.3 cm³/mol. The van der Waals surface area contributed by atoms with Gasteiger partial charge in [0, 0.05) is 6.54 Å². The van der Waals surface area contributed by atoms with E-state index in [4.69, 9.17) is 4.74 Å². The first kappa shape index (κ1) is 8.73. The Morgan fingerprint density at radius 2 is 2.08 bits per heavy atom. The highest BCUT2D eigenvalue weighted by molar-refractivity contribution is 5.17. The molecule has 2 rings (SSSR count). The monoisotopic (exact) mass is 177 g/mol. The molecule has 2 unspecified atom stereocenters. The zero-order chi connectivity index (χ0) is 9.10. The molecule has 0 saturated carbocycles. The number of ether oxygens (including phenoxy) is 1. The molecule has 0 aliphatic carbocycles.